The third-order valence-corrected chi connectivity index (χ3v) is 2.61. The van der Waals surface area contributed by atoms with E-state index in [9.17, 15) is 14.9 Å². The minimum atomic E-state index is -0.628. The van der Waals surface area contributed by atoms with E-state index in [2.05, 4.69) is 10.3 Å². The molecule has 0 aliphatic rings. The molecule has 0 atom stereocenters. The summed E-state index contributed by atoms with van der Waals surface area (Å²) in [6.07, 6.45) is 1.59. The molecule has 0 radical (unpaired) electrons. The lowest BCUT2D eigenvalue weighted by molar-refractivity contribution is -0.385. The van der Waals surface area contributed by atoms with E-state index in [-0.39, 0.29) is 16.9 Å². The minimum Gasteiger partial charge on any atom is -0.399 e. The largest absolute Gasteiger partial charge is 0.399 e. The molecule has 3 N–H and O–H groups in total. The van der Waals surface area contributed by atoms with Gasteiger partial charge in [0.15, 0.2) is 0 Å². The molecule has 0 saturated carbocycles. The van der Waals surface area contributed by atoms with Crippen molar-refractivity contribution in [3.8, 4) is 0 Å². The number of carbonyl (C=O) groups is 1. The fourth-order valence-electron chi connectivity index (χ4n) is 1.62. The quantitative estimate of drug-likeness (QED) is 0.505. The summed E-state index contributed by atoms with van der Waals surface area (Å²) in [6.45, 7) is 1.86. The van der Waals surface area contributed by atoms with Gasteiger partial charge in [0.05, 0.1) is 4.92 Å². The molecule has 2 aromatic rings. The van der Waals surface area contributed by atoms with Gasteiger partial charge in [-0.05, 0) is 30.7 Å². The van der Waals surface area contributed by atoms with Crippen LogP contribution in [0.5, 0.6) is 0 Å². The first kappa shape index (κ1) is 13.5. The molecule has 0 aliphatic heterocycles. The van der Waals surface area contributed by atoms with Gasteiger partial charge >= 0.3 is 0 Å². The number of nitrogens with zero attached hydrogens (tertiary/aromatic N) is 2. The number of nitro groups is 1. The van der Waals surface area contributed by atoms with Gasteiger partial charge in [0.2, 0.25) is 0 Å². The highest BCUT2D eigenvalue weighted by Gasteiger charge is 2.20. The maximum absolute atomic E-state index is 12.1. The van der Waals surface area contributed by atoms with Crippen molar-refractivity contribution in [3.63, 3.8) is 0 Å². The molecule has 1 heterocycles. The number of pyridine rings is 1. The SMILES string of the molecule is Cc1ccc(NC(=O)c2cc(N)ccc2[N+](=O)[O-])nc1. The summed E-state index contributed by atoms with van der Waals surface area (Å²) in [7, 11) is 0. The number of hydrogen-bond donors (Lipinski definition) is 2. The number of aromatic nitrogens is 1. The molecule has 7 nitrogen and oxygen atoms in total. The highest BCUT2D eigenvalue weighted by atomic mass is 16.6. The fourth-order valence-corrected chi connectivity index (χ4v) is 1.62. The monoisotopic (exact) mass is 272 g/mol. The fraction of sp³-hybridized carbons (Fsp3) is 0.0769. The van der Waals surface area contributed by atoms with Crippen molar-refractivity contribution in [1.29, 1.82) is 0 Å². The van der Waals surface area contributed by atoms with Crippen LogP contribution in [0.3, 0.4) is 0 Å². The lowest BCUT2D eigenvalue weighted by atomic mass is 10.1. The van der Waals surface area contributed by atoms with E-state index < -0.39 is 10.8 Å². The van der Waals surface area contributed by atoms with Crippen LogP contribution >= 0.6 is 0 Å². The second-order valence-corrected chi connectivity index (χ2v) is 4.21. The Hall–Kier alpha value is -2.96. The highest BCUT2D eigenvalue weighted by molar-refractivity contribution is 6.07. The smallest absolute Gasteiger partial charge is 0.282 e. The number of aryl methyl sites for hydroxylation is 1. The van der Waals surface area contributed by atoms with E-state index in [1.165, 1.54) is 18.2 Å². The van der Waals surface area contributed by atoms with Crippen molar-refractivity contribution in [3.05, 3.63) is 57.8 Å². The second-order valence-electron chi connectivity index (χ2n) is 4.21. The normalized spacial score (nSPS) is 10.1. The standard InChI is InChI=1S/C13H12N4O3/c1-8-2-5-12(15-7-8)16-13(18)10-6-9(14)3-4-11(10)17(19)20/h2-7H,14H2,1H3,(H,15,16,18). The molecule has 0 saturated heterocycles. The van der Waals surface area contributed by atoms with E-state index in [1.807, 2.05) is 6.92 Å². The maximum atomic E-state index is 12.1. The van der Waals surface area contributed by atoms with Crippen molar-refractivity contribution in [2.45, 2.75) is 6.92 Å². The Morgan fingerprint density at radius 2 is 2.10 bits per heavy atom. The molecule has 0 fully saturated rings. The van der Waals surface area contributed by atoms with Gasteiger partial charge in [0, 0.05) is 18.0 Å². The van der Waals surface area contributed by atoms with E-state index in [0.29, 0.717) is 5.82 Å². The van der Waals surface area contributed by atoms with Crippen molar-refractivity contribution < 1.29 is 9.72 Å². The molecular weight excluding hydrogens is 260 g/mol. The van der Waals surface area contributed by atoms with Crippen LogP contribution in [0.4, 0.5) is 17.2 Å². The summed E-state index contributed by atoms with van der Waals surface area (Å²) in [6, 6.07) is 7.23. The number of nitro benzene ring substituents is 1. The van der Waals surface area contributed by atoms with E-state index in [0.717, 1.165) is 5.56 Å². The van der Waals surface area contributed by atoms with Crippen molar-refractivity contribution in [1.82, 2.24) is 4.98 Å². The zero-order valence-electron chi connectivity index (χ0n) is 10.7. The van der Waals surface area contributed by atoms with Gasteiger partial charge in [-0.1, -0.05) is 6.07 Å². The number of amides is 1. The van der Waals surface area contributed by atoms with Gasteiger partial charge < -0.3 is 11.1 Å². The summed E-state index contributed by atoms with van der Waals surface area (Å²) >= 11 is 0. The topological polar surface area (TPSA) is 111 Å². The minimum absolute atomic E-state index is 0.0997. The second kappa shape index (κ2) is 5.35. The predicted molar refractivity (Wildman–Crippen MR) is 74.4 cm³/mol. The summed E-state index contributed by atoms with van der Waals surface area (Å²) < 4.78 is 0. The van der Waals surface area contributed by atoms with E-state index in [1.54, 1.807) is 18.3 Å². The van der Waals surface area contributed by atoms with Crippen LogP contribution < -0.4 is 11.1 Å². The number of anilines is 2. The molecule has 102 valence electrons. The molecule has 1 aromatic carbocycles. The van der Waals surface area contributed by atoms with Gasteiger partial charge in [-0.3, -0.25) is 14.9 Å². The average Bonchev–Trinajstić information content (AvgIpc) is 2.41. The molecule has 0 spiro atoms. The van der Waals surface area contributed by atoms with Crippen LogP contribution in [0.2, 0.25) is 0 Å². The Balaban J connectivity index is 2.31. The van der Waals surface area contributed by atoms with Crippen LogP contribution in [0.25, 0.3) is 0 Å². The zero-order chi connectivity index (χ0) is 14.7. The summed E-state index contributed by atoms with van der Waals surface area (Å²) in [5, 5.41) is 13.4. The summed E-state index contributed by atoms with van der Waals surface area (Å²) in [4.78, 5) is 26.3. The van der Waals surface area contributed by atoms with Crippen molar-refractivity contribution in [2.24, 2.45) is 0 Å². The number of nitrogens with one attached hydrogen (secondary N) is 1. The molecule has 2 rings (SSSR count). The third kappa shape index (κ3) is 2.89. The van der Waals surface area contributed by atoms with Gasteiger partial charge in [-0.25, -0.2) is 4.98 Å². The Labute approximate surface area is 114 Å². The van der Waals surface area contributed by atoms with Crippen LogP contribution in [-0.2, 0) is 0 Å². The Kier molecular flexibility index (Phi) is 3.60. The molecule has 1 amide bonds. The lowest BCUT2D eigenvalue weighted by Crippen LogP contribution is -2.15. The van der Waals surface area contributed by atoms with Crippen molar-refractivity contribution in [2.75, 3.05) is 11.1 Å². The summed E-state index contributed by atoms with van der Waals surface area (Å²) in [5.74, 6) is -0.308. The average molecular weight is 272 g/mol. The first-order chi connectivity index (χ1) is 9.47. The van der Waals surface area contributed by atoms with E-state index >= 15 is 0 Å². The molecule has 0 aliphatic carbocycles. The lowest BCUT2D eigenvalue weighted by Gasteiger charge is -2.06. The Morgan fingerprint density at radius 1 is 1.35 bits per heavy atom. The molecule has 1 aromatic heterocycles. The number of rotatable bonds is 3. The van der Waals surface area contributed by atoms with Gasteiger partial charge in [0.1, 0.15) is 11.4 Å². The molecular formula is C13H12N4O3. The molecule has 20 heavy (non-hydrogen) atoms. The molecule has 0 unspecified atom stereocenters. The summed E-state index contributed by atoms with van der Waals surface area (Å²) in [5.41, 5.74) is 6.38. The first-order valence-electron chi connectivity index (χ1n) is 5.75. The first-order valence-corrected chi connectivity index (χ1v) is 5.75. The predicted octanol–water partition coefficient (Wildman–Crippen LogP) is 2.13. The van der Waals surface area contributed by atoms with E-state index in [4.69, 9.17) is 5.73 Å². The zero-order valence-corrected chi connectivity index (χ0v) is 10.7. The van der Waals surface area contributed by atoms with Gasteiger partial charge in [-0.2, -0.15) is 0 Å². The molecule has 0 bridgehead atoms. The highest BCUT2D eigenvalue weighted by Crippen LogP contribution is 2.22. The van der Waals surface area contributed by atoms with Crippen LogP contribution in [0, 0.1) is 17.0 Å². The maximum Gasteiger partial charge on any atom is 0.282 e. The van der Waals surface area contributed by atoms with Gasteiger partial charge in [0.25, 0.3) is 11.6 Å². The van der Waals surface area contributed by atoms with Crippen molar-refractivity contribution >= 4 is 23.1 Å². The van der Waals surface area contributed by atoms with Crippen LogP contribution in [-0.4, -0.2) is 15.8 Å². The number of carbonyl (C=O) groups excluding carboxylic acids is 1. The van der Waals surface area contributed by atoms with Crippen LogP contribution in [0.1, 0.15) is 15.9 Å². The third-order valence-electron chi connectivity index (χ3n) is 2.61. The number of nitrogen functional groups attached to an aromatic ring is 1. The number of benzene rings is 1. The number of nitrogens with two attached hydrogens (primary N) is 1. The van der Waals surface area contributed by atoms with Gasteiger partial charge in [-0.15, -0.1) is 0 Å². The van der Waals surface area contributed by atoms with Crippen LogP contribution in [0.15, 0.2) is 36.5 Å². The Morgan fingerprint density at radius 3 is 2.70 bits per heavy atom. The molecule has 7 heteroatoms. The number of hydrogen-bond acceptors (Lipinski definition) is 5. The Bertz CT molecular complexity index is 668.